The Hall–Kier alpha value is -1.61. The number of hydrogen-bond donors (Lipinski definition) is 1. The summed E-state index contributed by atoms with van der Waals surface area (Å²) in [5, 5.41) is 9.74. The Balaban J connectivity index is 2.35. The van der Waals surface area contributed by atoms with Crippen LogP contribution in [0.2, 0.25) is 0 Å². The number of aliphatic hydroxyl groups is 1. The minimum atomic E-state index is -1.00. The summed E-state index contributed by atoms with van der Waals surface area (Å²) in [5.41, 5.74) is -0.213. The third-order valence-electron chi connectivity index (χ3n) is 2.34. The Morgan fingerprint density at radius 1 is 1.06 bits per heavy atom. The van der Waals surface area contributed by atoms with Gasteiger partial charge in [-0.15, -0.1) is 0 Å². The highest BCUT2D eigenvalue weighted by Crippen LogP contribution is 2.28. The number of furan rings is 1. The molecule has 0 fully saturated rings. The smallest absolute Gasteiger partial charge is 0.135 e. The van der Waals surface area contributed by atoms with Crippen molar-refractivity contribution in [3.05, 3.63) is 48.0 Å². The van der Waals surface area contributed by atoms with Crippen molar-refractivity contribution in [3.63, 3.8) is 0 Å². The summed E-state index contributed by atoms with van der Waals surface area (Å²) >= 11 is 0. The van der Waals surface area contributed by atoms with Gasteiger partial charge in [-0.1, -0.05) is 0 Å². The highest BCUT2D eigenvalue weighted by molar-refractivity contribution is 5.57. The fraction of sp³-hybridized carbons (Fsp3) is 0.231. The molecule has 0 amide bonds. The standard InChI is InChI=1S/C13H13FO2/c1-13(2,15)12-8-7-11(16-12)9-3-5-10(14)6-4-9/h3-8,15H,1-2H3. The van der Waals surface area contributed by atoms with E-state index in [2.05, 4.69) is 0 Å². The van der Waals surface area contributed by atoms with Crippen molar-refractivity contribution in [2.45, 2.75) is 19.4 Å². The molecule has 0 aliphatic heterocycles. The molecular weight excluding hydrogens is 207 g/mol. The summed E-state index contributed by atoms with van der Waals surface area (Å²) in [4.78, 5) is 0. The van der Waals surface area contributed by atoms with Gasteiger partial charge in [-0.25, -0.2) is 4.39 Å². The number of benzene rings is 1. The summed E-state index contributed by atoms with van der Waals surface area (Å²) in [6, 6.07) is 9.52. The van der Waals surface area contributed by atoms with Gasteiger partial charge in [-0.05, 0) is 50.2 Å². The third kappa shape index (κ3) is 2.14. The van der Waals surface area contributed by atoms with E-state index in [4.69, 9.17) is 4.42 Å². The van der Waals surface area contributed by atoms with Gasteiger partial charge in [-0.3, -0.25) is 0 Å². The van der Waals surface area contributed by atoms with Gasteiger partial charge in [0, 0.05) is 5.56 Å². The molecule has 0 radical (unpaired) electrons. The Kier molecular flexibility index (Phi) is 2.56. The molecule has 1 N–H and O–H groups in total. The van der Waals surface area contributed by atoms with E-state index in [-0.39, 0.29) is 5.82 Å². The molecule has 0 unspecified atom stereocenters. The topological polar surface area (TPSA) is 33.4 Å². The van der Waals surface area contributed by atoms with Crippen LogP contribution in [0.25, 0.3) is 11.3 Å². The molecule has 0 bridgehead atoms. The maximum atomic E-state index is 12.7. The van der Waals surface area contributed by atoms with Crippen LogP contribution in [0.1, 0.15) is 19.6 Å². The molecule has 0 saturated heterocycles. The predicted molar refractivity (Wildman–Crippen MR) is 59.3 cm³/mol. The third-order valence-corrected chi connectivity index (χ3v) is 2.34. The monoisotopic (exact) mass is 220 g/mol. The molecule has 0 spiro atoms. The summed E-state index contributed by atoms with van der Waals surface area (Å²) in [6.07, 6.45) is 0. The summed E-state index contributed by atoms with van der Waals surface area (Å²) in [7, 11) is 0. The van der Waals surface area contributed by atoms with Crippen LogP contribution >= 0.6 is 0 Å². The van der Waals surface area contributed by atoms with Crippen LogP contribution in [0.4, 0.5) is 4.39 Å². The van der Waals surface area contributed by atoms with E-state index in [0.717, 1.165) is 5.56 Å². The lowest BCUT2D eigenvalue weighted by Crippen LogP contribution is -2.13. The lowest BCUT2D eigenvalue weighted by Gasteiger charge is -2.12. The van der Waals surface area contributed by atoms with Gasteiger partial charge in [0.1, 0.15) is 22.9 Å². The van der Waals surface area contributed by atoms with Crippen LogP contribution < -0.4 is 0 Å². The van der Waals surface area contributed by atoms with Gasteiger partial charge >= 0.3 is 0 Å². The van der Waals surface area contributed by atoms with Crippen molar-refractivity contribution in [2.24, 2.45) is 0 Å². The molecule has 0 saturated carbocycles. The first-order valence-electron chi connectivity index (χ1n) is 5.05. The Labute approximate surface area is 93.3 Å². The number of rotatable bonds is 2. The van der Waals surface area contributed by atoms with Gasteiger partial charge in [-0.2, -0.15) is 0 Å². The Bertz CT molecular complexity index is 477. The zero-order chi connectivity index (χ0) is 11.8. The highest BCUT2D eigenvalue weighted by Gasteiger charge is 2.20. The first kappa shape index (κ1) is 10.9. The molecule has 3 heteroatoms. The van der Waals surface area contributed by atoms with Crippen LogP contribution in [-0.4, -0.2) is 5.11 Å². The lowest BCUT2D eigenvalue weighted by atomic mass is 10.1. The van der Waals surface area contributed by atoms with E-state index < -0.39 is 5.60 Å². The molecule has 0 atom stereocenters. The van der Waals surface area contributed by atoms with E-state index >= 15 is 0 Å². The quantitative estimate of drug-likeness (QED) is 0.842. The van der Waals surface area contributed by atoms with Crippen LogP contribution in [0.5, 0.6) is 0 Å². The first-order valence-corrected chi connectivity index (χ1v) is 5.05. The molecule has 84 valence electrons. The second-order valence-corrected chi connectivity index (χ2v) is 4.23. The maximum Gasteiger partial charge on any atom is 0.135 e. The summed E-state index contributed by atoms with van der Waals surface area (Å²) in [5.74, 6) is 0.835. The lowest BCUT2D eigenvalue weighted by molar-refractivity contribution is 0.0548. The molecule has 2 aromatic rings. The van der Waals surface area contributed by atoms with Crippen LogP contribution in [0, 0.1) is 5.82 Å². The molecule has 0 aliphatic rings. The molecule has 2 rings (SSSR count). The largest absolute Gasteiger partial charge is 0.458 e. The normalized spacial score (nSPS) is 11.8. The fourth-order valence-electron chi connectivity index (χ4n) is 1.44. The van der Waals surface area contributed by atoms with Crippen molar-refractivity contribution >= 4 is 0 Å². The van der Waals surface area contributed by atoms with Gasteiger partial charge in [0.2, 0.25) is 0 Å². The summed E-state index contributed by atoms with van der Waals surface area (Å²) in [6.45, 7) is 3.31. The van der Waals surface area contributed by atoms with Gasteiger partial charge in [0.05, 0.1) is 0 Å². The minimum Gasteiger partial charge on any atom is -0.458 e. The van der Waals surface area contributed by atoms with E-state index in [1.165, 1.54) is 12.1 Å². The van der Waals surface area contributed by atoms with Crippen molar-refractivity contribution < 1.29 is 13.9 Å². The molecule has 1 heterocycles. The molecule has 0 aliphatic carbocycles. The zero-order valence-corrected chi connectivity index (χ0v) is 9.20. The van der Waals surface area contributed by atoms with E-state index in [9.17, 15) is 9.50 Å². The SMILES string of the molecule is CC(C)(O)c1ccc(-c2ccc(F)cc2)o1. The highest BCUT2D eigenvalue weighted by atomic mass is 19.1. The molecule has 1 aromatic carbocycles. The Morgan fingerprint density at radius 3 is 2.19 bits per heavy atom. The molecule has 16 heavy (non-hydrogen) atoms. The van der Waals surface area contributed by atoms with Crippen molar-refractivity contribution in [2.75, 3.05) is 0 Å². The van der Waals surface area contributed by atoms with Crippen molar-refractivity contribution in [3.8, 4) is 11.3 Å². The second kappa shape index (κ2) is 3.76. The number of hydrogen-bond acceptors (Lipinski definition) is 2. The average molecular weight is 220 g/mol. The first-order chi connectivity index (χ1) is 7.47. The Morgan fingerprint density at radius 2 is 1.69 bits per heavy atom. The minimum absolute atomic E-state index is 0.280. The fourth-order valence-corrected chi connectivity index (χ4v) is 1.44. The average Bonchev–Trinajstić information content (AvgIpc) is 2.67. The summed E-state index contributed by atoms with van der Waals surface area (Å²) < 4.78 is 18.2. The van der Waals surface area contributed by atoms with Crippen molar-refractivity contribution in [1.82, 2.24) is 0 Å². The van der Waals surface area contributed by atoms with E-state index in [0.29, 0.717) is 11.5 Å². The zero-order valence-electron chi connectivity index (χ0n) is 9.20. The predicted octanol–water partition coefficient (Wildman–Crippen LogP) is 3.31. The molecule has 2 nitrogen and oxygen atoms in total. The van der Waals surface area contributed by atoms with Crippen LogP contribution in [-0.2, 0) is 5.60 Å². The van der Waals surface area contributed by atoms with Crippen LogP contribution in [0.3, 0.4) is 0 Å². The van der Waals surface area contributed by atoms with Crippen molar-refractivity contribution in [1.29, 1.82) is 0 Å². The van der Waals surface area contributed by atoms with Gasteiger partial charge in [0.15, 0.2) is 0 Å². The van der Waals surface area contributed by atoms with Gasteiger partial charge < -0.3 is 9.52 Å². The molecule has 1 aromatic heterocycles. The van der Waals surface area contributed by atoms with E-state index in [1.807, 2.05) is 0 Å². The maximum absolute atomic E-state index is 12.7. The van der Waals surface area contributed by atoms with Crippen LogP contribution in [0.15, 0.2) is 40.8 Å². The number of halogens is 1. The molecular formula is C13H13FO2. The van der Waals surface area contributed by atoms with Gasteiger partial charge in [0.25, 0.3) is 0 Å². The van der Waals surface area contributed by atoms with E-state index in [1.54, 1.807) is 38.1 Å². The second-order valence-electron chi connectivity index (χ2n) is 4.23.